The molecule has 1 aromatic heterocycles. The molecule has 27 heavy (non-hydrogen) atoms. The third-order valence-corrected chi connectivity index (χ3v) is 6.88. The zero-order chi connectivity index (χ0) is 19.2. The van der Waals surface area contributed by atoms with Gasteiger partial charge in [0, 0.05) is 29.5 Å². The van der Waals surface area contributed by atoms with E-state index in [0.29, 0.717) is 10.8 Å². The molecule has 2 aromatic rings. The molecule has 1 aliphatic carbocycles. The van der Waals surface area contributed by atoms with Gasteiger partial charge in [0.2, 0.25) is 10.0 Å². The Bertz CT molecular complexity index is 978. The summed E-state index contributed by atoms with van der Waals surface area (Å²) in [5.74, 6) is 0.562. The zero-order valence-corrected chi connectivity index (χ0v) is 16.6. The van der Waals surface area contributed by atoms with E-state index in [4.69, 9.17) is 0 Å². The lowest BCUT2D eigenvalue weighted by molar-refractivity contribution is 0.424. The van der Waals surface area contributed by atoms with Crippen molar-refractivity contribution in [2.24, 2.45) is 5.92 Å². The van der Waals surface area contributed by atoms with Gasteiger partial charge in [0.25, 0.3) is 0 Å². The number of pyridine rings is 1. The van der Waals surface area contributed by atoms with Crippen LogP contribution in [0.3, 0.4) is 0 Å². The smallest absolute Gasteiger partial charge is 0.241 e. The van der Waals surface area contributed by atoms with Crippen LogP contribution in [0.25, 0.3) is 0 Å². The molecular formula is C21H25N3O2S. The Morgan fingerprint density at radius 3 is 2.74 bits per heavy atom. The first-order valence-electron chi connectivity index (χ1n) is 9.26. The zero-order valence-electron chi connectivity index (χ0n) is 15.8. The Hall–Kier alpha value is -2.18. The number of allylic oxidation sites excluding steroid dienone is 2. The quantitative estimate of drug-likeness (QED) is 0.787. The first-order valence-corrected chi connectivity index (χ1v) is 10.7. The second kappa shape index (κ2) is 6.46. The van der Waals surface area contributed by atoms with E-state index < -0.39 is 15.6 Å². The molecule has 0 saturated heterocycles. The molecule has 4 rings (SSSR count). The topological polar surface area (TPSA) is 71.1 Å². The van der Waals surface area contributed by atoms with E-state index >= 15 is 0 Å². The lowest BCUT2D eigenvalue weighted by atomic mass is 9.77. The molecule has 3 atom stereocenters. The molecule has 2 N–H and O–H groups in total. The Balaban J connectivity index is 1.73. The van der Waals surface area contributed by atoms with Crippen LogP contribution in [0.15, 0.2) is 59.8 Å². The number of fused-ring (bicyclic) bond motifs is 3. The summed E-state index contributed by atoms with van der Waals surface area (Å²) in [4.78, 5) is 4.58. The van der Waals surface area contributed by atoms with Gasteiger partial charge in [-0.15, -0.1) is 0 Å². The number of aromatic nitrogens is 1. The van der Waals surface area contributed by atoms with Crippen LogP contribution in [0.5, 0.6) is 0 Å². The lowest BCUT2D eigenvalue weighted by Crippen LogP contribution is -2.40. The first kappa shape index (κ1) is 18.2. The van der Waals surface area contributed by atoms with E-state index in [1.807, 2.05) is 45.2 Å². The summed E-state index contributed by atoms with van der Waals surface area (Å²) in [6, 6.07) is 9.61. The summed E-state index contributed by atoms with van der Waals surface area (Å²) >= 11 is 0. The average molecular weight is 384 g/mol. The lowest BCUT2D eigenvalue weighted by Gasteiger charge is -2.37. The molecule has 0 spiro atoms. The van der Waals surface area contributed by atoms with Crippen LogP contribution in [0.2, 0.25) is 0 Å². The average Bonchev–Trinajstić information content (AvgIpc) is 3.09. The van der Waals surface area contributed by atoms with Crippen LogP contribution in [0.1, 0.15) is 50.3 Å². The molecule has 0 amide bonds. The molecular weight excluding hydrogens is 358 g/mol. The van der Waals surface area contributed by atoms with Gasteiger partial charge in [-0.05, 0) is 68.5 Å². The van der Waals surface area contributed by atoms with Gasteiger partial charge in [-0.2, -0.15) is 0 Å². The maximum absolute atomic E-state index is 12.8. The molecule has 0 fully saturated rings. The van der Waals surface area contributed by atoms with E-state index in [-0.39, 0.29) is 12.0 Å². The number of benzene rings is 1. The van der Waals surface area contributed by atoms with Crippen LogP contribution < -0.4 is 10.0 Å². The van der Waals surface area contributed by atoms with Crippen molar-refractivity contribution in [1.82, 2.24) is 9.71 Å². The van der Waals surface area contributed by atoms with Crippen LogP contribution >= 0.6 is 0 Å². The summed E-state index contributed by atoms with van der Waals surface area (Å²) < 4.78 is 28.2. The van der Waals surface area contributed by atoms with Gasteiger partial charge in [-0.3, -0.25) is 4.98 Å². The highest BCUT2D eigenvalue weighted by atomic mass is 32.2. The van der Waals surface area contributed by atoms with Gasteiger partial charge in [-0.25, -0.2) is 13.1 Å². The summed E-state index contributed by atoms with van der Waals surface area (Å²) in [7, 11) is -3.56. The van der Waals surface area contributed by atoms with Crippen molar-refractivity contribution in [3.05, 3.63) is 66.0 Å². The van der Waals surface area contributed by atoms with Crippen molar-refractivity contribution in [1.29, 1.82) is 0 Å². The fourth-order valence-electron chi connectivity index (χ4n) is 4.09. The number of hydrogen-bond donors (Lipinski definition) is 2. The molecule has 5 nitrogen and oxygen atoms in total. The van der Waals surface area contributed by atoms with Crippen LogP contribution in [0, 0.1) is 5.92 Å². The fraction of sp³-hybridized carbons (Fsp3) is 0.381. The Kier molecular flexibility index (Phi) is 4.35. The normalized spacial score (nSPS) is 24.2. The fourth-order valence-corrected chi connectivity index (χ4v) is 5.54. The van der Waals surface area contributed by atoms with Crippen molar-refractivity contribution in [2.75, 3.05) is 5.32 Å². The van der Waals surface area contributed by atoms with E-state index in [1.165, 1.54) is 0 Å². The number of sulfonamides is 1. The van der Waals surface area contributed by atoms with E-state index in [2.05, 4.69) is 33.2 Å². The minimum absolute atomic E-state index is 0.168. The van der Waals surface area contributed by atoms with Crippen LogP contribution in [-0.4, -0.2) is 18.9 Å². The molecule has 0 bridgehead atoms. The van der Waals surface area contributed by atoms with Gasteiger partial charge in [0.15, 0.2) is 0 Å². The van der Waals surface area contributed by atoms with E-state index in [9.17, 15) is 8.42 Å². The largest absolute Gasteiger partial charge is 0.378 e. The van der Waals surface area contributed by atoms with Crippen molar-refractivity contribution in [2.45, 2.75) is 49.6 Å². The summed E-state index contributed by atoms with van der Waals surface area (Å²) in [6.07, 6.45) is 9.06. The molecule has 2 aliphatic rings. The van der Waals surface area contributed by atoms with Crippen molar-refractivity contribution in [3.8, 4) is 0 Å². The molecule has 142 valence electrons. The molecule has 0 radical (unpaired) electrons. The number of anilines is 1. The van der Waals surface area contributed by atoms with Gasteiger partial charge in [-0.1, -0.05) is 18.2 Å². The number of nitrogens with one attached hydrogen (secondary N) is 2. The highest BCUT2D eigenvalue weighted by molar-refractivity contribution is 7.89. The van der Waals surface area contributed by atoms with Gasteiger partial charge in [0.1, 0.15) is 0 Å². The summed E-state index contributed by atoms with van der Waals surface area (Å²) in [5.41, 5.74) is 2.68. The van der Waals surface area contributed by atoms with Gasteiger partial charge in [0.05, 0.1) is 10.9 Å². The summed E-state index contributed by atoms with van der Waals surface area (Å²) in [6.45, 7) is 5.54. The van der Waals surface area contributed by atoms with Crippen molar-refractivity contribution < 1.29 is 8.42 Å². The predicted octanol–water partition coefficient (Wildman–Crippen LogP) is 3.98. The number of nitrogens with zero attached hydrogens (tertiary/aromatic N) is 1. The number of rotatable bonds is 3. The molecule has 6 heteroatoms. The molecule has 0 saturated carbocycles. The molecule has 3 unspecified atom stereocenters. The van der Waals surface area contributed by atoms with Crippen LogP contribution in [0.4, 0.5) is 5.69 Å². The Morgan fingerprint density at radius 1 is 1.22 bits per heavy atom. The maximum Gasteiger partial charge on any atom is 0.241 e. The molecule has 1 aliphatic heterocycles. The maximum atomic E-state index is 12.8. The Labute approximate surface area is 161 Å². The standard InChI is InChI=1S/C21H25N3O2S/c1-21(2,3)24-27(25,26)15-9-10-19-18(12-15)16-7-4-8-17(16)20(23-19)14-6-5-11-22-13-14/h4-7,9-13,16-17,20,23-24H,8H2,1-3H3. The van der Waals surface area contributed by atoms with Crippen molar-refractivity contribution >= 4 is 15.7 Å². The highest BCUT2D eigenvalue weighted by Gasteiger charge is 2.38. The summed E-state index contributed by atoms with van der Waals surface area (Å²) in [5, 5.41) is 3.62. The van der Waals surface area contributed by atoms with E-state index in [0.717, 1.165) is 23.2 Å². The van der Waals surface area contributed by atoms with Crippen molar-refractivity contribution in [3.63, 3.8) is 0 Å². The monoisotopic (exact) mass is 383 g/mol. The van der Waals surface area contributed by atoms with E-state index in [1.54, 1.807) is 12.3 Å². The third kappa shape index (κ3) is 3.51. The second-order valence-corrected chi connectivity index (χ2v) is 10.0. The number of hydrogen-bond acceptors (Lipinski definition) is 4. The SMILES string of the molecule is CC(C)(C)NS(=O)(=O)c1ccc2c(c1)C1C=CCC1C(c1cccnc1)N2. The third-order valence-electron chi connectivity index (χ3n) is 5.13. The molecule has 1 aromatic carbocycles. The minimum atomic E-state index is -3.56. The van der Waals surface area contributed by atoms with Gasteiger partial charge >= 0.3 is 0 Å². The van der Waals surface area contributed by atoms with Crippen LogP contribution in [-0.2, 0) is 10.0 Å². The second-order valence-electron chi connectivity index (χ2n) is 8.37. The minimum Gasteiger partial charge on any atom is -0.378 e. The predicted molar refractivity (Wildman–Crippen MR) is 107 cm³/mol. The molecule has 2 heterocycles. The van der Waals surface area contributed by atoms with Gasteiger partial charge < -0.3 is 5.32 Å². The Morgan fingerprint density at radius 2 is 2.04 bits per heavy atom. The highest BCUT2D eigenvalue weighted by Crippen LogP contribution is 2.50. The first-order chi connectivity index (χ1) is 12.7.